The lowest BCUT2D eigenvalue weighted by Crippen LogP contribution is -2.17. The summed E-state index contributed by atoms with van der Waals surface area (Å²) in [5.41, 5.74) is 2.35. The molecule has 0 aliphatic heterocycles. The maximum Gasteiger partial charge on any atom is 0.250 e. The number of nitrogens with zero attached hydrogens (tertiary/aromatic N) is 1. The molecule has 136 valence electrons. The molecule has 2 N–H and O–H groups in total. The maximum absolute atomic E-state index is 12.1. The minimum Gasteiger partial charge on any atom is -0.493 e. The molecule has 0 aliphatic rings. The van der Waals surface area contributed by atoms with Crippen molar-refractivity contribution in [3.8, 4) is 22.8 Å². The number of aromatic nitrogens is 1. The van der Waals surface area contributed by atoms with Crippen molar-refractivity contribution in [3.05, 3.63) is 57.9 Å². The average Bonchev–Trinajstić information content (AvgIpc) is 2.67. The van der Waals surface area contributed by atoms with Crippen LogP contribution in [-0.2, 0) is 20.3 Å². The molecular weight excluding hydrogens is 334 g/mol. The minimum absolute atomic E-state index is 0.158. The van der Waals surface area contributed by atoms with Crippen LogP contribution in [0.1, 0.15) is 11.1 Å². The molecule has 0 fully saturated rings. The zero-order valence-electron chi connectivity index (χ0n) is 14.9. The van der Waals surface area contributed by atoms with Gasteiger partial charge in [-0.2, -0.15) is 0 Å². The summed E-state index contributed by atoms with van der Waals surface area (Å²) in [6, 6.07) is 10.4. The fourth-order valence-corrected chi connectivity index (χ4v) is 3.26. The Morgan fingerprint density at radius 1 is 1.00 bits per heavy atom. The molecule has 6 heteroatoms. The Balaban J connectivity index is 2.52. The third kappa shape index (κ3) is 2.83. The highest BCUT2D eigenvalue weighted by Crippen LogP contribution is 2.40. The van der Waals surface area contributed by atoms with Gasteiger partial charge >= 0.3 is 0 Å². The van der Waals surface area contributed by atoms with Gasteiger partial charge in [0.25, 0.3) is 5.56 Å². The largest absolute Gasteiger partial charge is 0.493 e. The fraction of sp³-hybridized carbons (Fsp3) is 0.250. The highest BCUT2D eigenvalue weighted by atomic mass is 16.5. The highest BCUT2D eigenvalue weighted by molar-refractivity contribution is 6.00. The molecule has 0 aliphatic carbocycles. The van der Waals surface area contributed by atoms with Crippen LogP contribution in [0.25, 0.3) is 22.0 Å². The van der Waals surface area contributed by atoms with Gasteiger partial charge in [0, 0.05) is 18.7 Å². The molecule has 6 nitrogen and oxygen atoms in total. The molecule has 0 radical (unpaired) electrons. The number of hydrogen-bond acceptors (Lipinski definition) is 5. The van der Waals surface area contributed by atoms with Crippen LogP contribution in [-0.4, -0.2) is 29.0 Å². The van der Waals surface area contributed by atoms with Gasteiger partial charge in [-0.1, -0.05) is 6.07 Å². The summed E-state index contributed by atoms with van der Waals surface area (Å²) in [4.78, 5) is 12.1. The molecule has 0 saturated heterocycles. The average molecular weight is 355 g/mol. The Morgan fingerprint density at radius 3 is 2.31 bits per heavy atom. The molecule has 2 aromatic carbocycles. The molecule has 0 unspecified atom stereocenters. The number of hydrogen-bond donors (Lipinski definition) is 2. The summed E-state index contributed by atoms with van der Waals surface area (Å²) < 4.78 is 12.3. The first-order chi connectivity index (χ1) is 12.5. The van der Waals surface area contributed by atoms with Crippen LogP contribution < -0.4 is 15.0 Å². The van der Waals surface area contributed by atoms with Gasteiger partial charge in [-0.15, -0.1) is 0 Å². The number of rotatable bonds is 5. The van der Waals surface area contributed by atoms with E-state index in [1.807, 2.05) is 24.3 Å². The fourth-order valence-electron chi connectivity index (χ4n) is 3.26. The molecule has 0 amide bonds. The summed E-state index contributed by atoms with van der Waals surface area (Å²) >= 11 is 0. The topological polar surface area (TPSA) is 80.9 Å². The van der Waals surface area contributed by atoms with Gasteiger partial charge in [-0.25, -0.2) is 0 Å². The summed E-state index contributed by atoms with van der Waals surface area (Å²) in [6.07, 6.45) is 0. The van der Waals surface area contributed by atoms with Gasteiger partial charge in [0.05, 0.1) is 33.1 Å². The number of ether oxygens (including phenoxy) is 2. The van der Waals surface area contributed by atoms with Crippen LogP contribution in [0.5, 0.6) is 11.5 Å². The third-order valence-electron chi connectivity index (χ3n) is 4.61. The van der Waals surface area contributed by atoms with Crippen molar-refractivity contribution >= 4 is 10.8 Å². The third-order valence-corrected chi connectivity index (χ3v) is 4.61. The number of fused-ring (bicyclic) bond motifs is 1. The molecule has 0 spiro atoms. The second-order valence-corrected chi connectivity index (χ2v) is 5.94. The summed E-state index contributed by atoms with van der Waals surface area (Å²) in [5.74, 6) is 1.11. The Bertz CT molecular complexity index is 1020. The summed E-state index contributed by atoms with van der Waals surface area (Å²) in [7, 11) is 4.79. The lowest BCUT2D eigenvalue weighted by Gasteiger charge is -2.19. The normalized spacial score (nSPS) is 11.0. The number of methoxy groups -OCH3 is 2. The minimum atomic E-state index is -0.265. The van der Waals surface area contributed by atoms with E-state index in [-0.39, 0.29) is 18.8 Å². The Labute approximate surface area is 150 Å². The summed E-state index contributed by atoms with van der Waals surface area (Å²) in [5, 5.41) is 21.4. The van der Waals surface area contributed by atoms with E-state index in [0.29, 0.717) is 33.9 Å². The molecule has 0 atom stereocenters. The second-order valence-electron chi connectivity index (χ2n) is 5.94. The van der Waals surface area contributed by atoms with E-state index >= 15 is 0 Å². The number of aliphatic hydroxyl groups is 2. The van der Waals surface area contributed by atoms with Crippen molar-refractivity contribution in [2.45, 2.75) is 13.2 Å². The summed E-state index contributed by atoms with van der Waals surface area (Å²) in [6.45, 7) is -0.493. The Hall–Kier alpha value is -2.83. The van der Waals surface area contributed by atoms with Crippen molar-refractivity contribution in [2.75, 3.05) is 14.2 Å². The van der Waals surface area contributed by atoms with E-state index in [9.17, 15) is 15.0 Å². The number of benzene rings is 2. The van der Waals surface area contributed by atoms with E-state index in [0.717, 1.165) is 10.8 Å². The first-order valence-corrected chi connectivity index (χ1v) is 8.14. The predicted octanol–water partition coefficient (Wildman–Crippen LogP) is 2.21. The van der Waals surface area contributed by atoms with Crippen LogP contribution in [0.3, 0.4) is 0 Å². The van der Waals surface area contributed by atoms with Crippen molar-refractivity contribution in [2.24, 2.45) is 7.05 Å². The zero-order chi connectivity index (χ0) is 18.8. The van der Waals surface area contributed by atoms with Crippen LogP contribution in [0, 0.1) is 0 Å². The van der Waals surface area contributed by atoms with Crippen LogP contribution in [0.2, 0.25) is 0 Å². The molecule has 26 heavy (non-hydrogen) atoms. The molecule has 3 rings (SSSR count). The van der Waals surface area contributed by atoms with E-state index < -0.39 is 0 Å². The van der Waals surface area contributed by atoms with Crippen molar-refractivity contribution in [1.82, 2.24) is 4.57 Å². The van der Waals surface area contributed by atoms with E-state index in [1.54, 1.807) is 27.3 Å². The molecular formula is C20H21NO5. The van der Waals surface area contributed by atoms with Gasteiger partial charge < -0.3 is 24.3 Å². The van der Waals surface area contributed by atoms with Crippen molar-refractivity contribution < 1.29 is 19.7 Å². The van der Waals surface area contributed by atoms with E-state index in [1.165, 1.54) is 10.6 Å². The predicted molar refractivity (Wildman–Crippen MR) is 99.6 cm³/mol. The second kappa shape index (κ2) is 7.19. The smallest absolute Gasteiger partial charge is 0.250 e. The number of aliphatic hydroxyl groups excluding tert-OH is 2. The van der Waals surface area contributed by atoms with Gasteiger partial charge in [0.15, 0.2) is 11.5 Å². The van der Waals surface area contributed by atoms with E-state index in [2.05, 4.69) is 0 Å². The lowest BCUT2D eigenvalue weighted by atomic mass is 9.91. The van der Waals surface area contributed by atoms with Gasteiger partial charge in [0.2, 0.25) is 0 Å². The van der Waals surface area contributed by atoms with Crippen LogP contribution >= 0.6 is 0 Å². The van der Waals surface area contributed by atoms with Crippen molar-refractivity contribution in [3.63, 3.8) is 0 Å². The van der Waals surface area contributed by atoms with E-state index in [4.69, 9.17) is 9.47 Å². The Kier molecular flexibility index (Phi) is 4.97. The molecule has 1 aromatic heterocycles. The molecule has 0 bridgehead atoms. The first-order valence-electron chi connectivity index (χ1n) is 8.14. The highest BCUT2D eigenvalue weighted by Gasteiger charge is 2.18. The SMILES string of the molecule is COc1cc2cc(CO)c(CO)c(-c3cccc(=O)n3C)c2cc1OC. The van der Waals surface area contributed by atoms with Gasteiger partial charge in [-0.05, 0) is 46.2 Å². The van der Waals surface area contributed by atoms with Gasteiger partial charge in [0.1, 0.15) is 0 Å². The standard InChI is InChI=1S/C20H21NO5/c1-21-16(5-4-6-19(21)24)20-14-9-18(26-3)17(25-2)8-12(14)7-13(10-22)15(20)11-23/h4-9,22-23H,10-11H2,1-3H3. The zero-order valence-corrected chi connectivity index (χ0v) is 14.9. The van der Waals surface area contributed by atoms with Crippen LogP contribution in [0.4, 0.5) is 0 Å². The maximum atomic E-state index is 12.1. The molecule has 0 saturated carbocycles. The lowest BCUT2D eigenvalue weighted by molar-refractivity contribution is 0.260. The molecule has 1 heterocycles. The van der Waals surface area contributed by atoms with Gasteiger partial charge in [-0.3, -0.25) is 4.79 Å². The quantitative estimate of drug-likeness (QED) is 0.733. The van der Waals surface area contributed by atoms with Crippen molar-refractivity contribution in [1.29, 1.82) is 0 Å². The first kappa shape index (κ1) is 18.0. The molecule has 3 aromatic rings. The monoisotopic (exact) mass is 355 g/mol. The van der Waals surface area contributed by atoms with Crippen LogP contribution in [0.15, 0.2) is 41.2 Å². The number of pyridine rings is 1. The Morgan fingerprint density at radius 2 is 1.69 bits per heavy atom.